The maximum atomic E-state index is 15.5. The van der Waals surface area contributed by atoms with E-state index in [1.165, 1.54) is 86.5 Å². The Balaban J connectivity index is 1.21. The van der Waals surface area contributed by atoms with E-state index in [2.05, 4.69) is 58.2 Å². The van der Waals surface area contributed by atoms with E-state index >= 15 is 28.8 Å². The number of para-hydroxylation sites is 1. The van der Waals surface area contributed by atoms with Crippen molar-refractivity contribution >= 4 is 117 Å². The maximum absolute atomic E-state index is 15.5. The van der Waals surface area contributed by atoms with Gasteiger partial charge in [0.15, 0.2) is 0 Å². The van der Waals surface area contributed by atoms with E-state index in [4.69, 9.17) is 5.73 Å². The number of rotatable bonds is 23. The molecule has 0 spiro atoms. The lowest BCUT2D eigenvalue weighted by molar-refractivity contribution is -0.151. The number of carbonyl (C=O) groups excluding carboxylic acids is 15. The van der Waals surface area contributed by atoms with Gasteiger partial charge in [-0.05, 0) is 95.3 Å². The molecule has 0 aliphatic carbocycles. The van der Waals surface area contributed by atoms with Crippen LogP contribution in [0.3, 0.4) is 0 Å². The molecule has 0 saturated carbocycles. The van der Waals surface area contributed by atoms with Crippen LogP contribution >= 0.6 is 11.8 Å². The zero-order valence-electron chi connectivity index (χ0n) is 74.1. The largest absolute Gasteiger partial charge is 0.508 e. The van der Waals surface area contributed by atoms with Crippen molar-refractivity contribution in [2.75, 3.05) is 59.3 Å². The summed E-state index contributed by atoms with van der Waals surface area (Å²) >= 11 is 0.829. The minimum atomic E-state index is -1.91. The summed E-state index contributed by atoms with van der Waals surface area (Å²) in [6.07, 6.45) is 0.0539. The Morgan fingerprint density at radius 2 is 0.915 bits per heavy atom. The fourth-order valence-electron chi connectivity index (χ4n) is 14.8. The number of carboxylic acids is 1. The third-order valence-electron chi connectivity index (χ3n) is 21.9. The van der Waals surface area contributed by atoms with E-state index in [-0.39, 0.29) is 74.5 Å². The van der Waals surface area contributed by atoms with Crippen LogP contribution in [0.2, 0.25) is 0 Å². The molecule has 1 aliphatic rings. The first-order valence-electron chi connectivity index (χ1n) is 42.7. The minimum absolute atomic E-state index is 0.0292. The number of nitrogens with two attached hydrogens (primary N) is 1. The van der Waals surface area contributed by atoms with Gasteiger partial charge >= 0.3 is 5.97 Å². The fourth-order valence-corrected chi connectivity index (χ4v) is 15.6. The van der Waals surface area contributed by atoms with Crippen LogP contribution in [-0.4, -0.2) is 260 Å². The van der Waals surface area contributed by atoms with Crippen molar-refractivity contribution in [3.63, 3.8) is 0 Å². The second-order valence-electron chi connectivity index (χ2n) is 33.2. The Kier molecular flexibility index (Phi) is 38.2. The molecule has 0 bridgehead atoms. The van der Waals surface area contributed by atoms with E-state index in [1.54, 1.807) is 143 Å². The van der Waals surface area contributed by atoms with Crippen molar-refractivity contribution < 1.29 is 92.0 Å². The number of primary amides is 1. The summed E-state index contributed by atoms with van der Waals surface area (Å²) < 4.78 is 0. The van der Waals surface area contributed by atoms with Crippen LogP contribution in [-0.2, 0) is 115 Å². The summed E-state index contributed by atoms with van der Waals surface area (Å²) in [5.41, 5.74) is 9.93. The first-order valence-corrected chi connectivity index (χ1v) is 43.8. The number of nitrogens with one attached hydrogen (secondary N) is 11. The van der Waals surface area contributed by atoms with Gasteiger partial charge in [0.05, 0.1) is 31.8 Å². The summed E-state index contributed by atoms with van der Waals surface area (Å²) in [5, 5.41) is 58.2. The van der Waals surface area contributed by atoms with Gasteiger partial charge in [0.1, 0.15) is 78.0 Å². The second kappa shape index (κ2) is 48.9. The molecule has 6 aromatic carbocycles. The van der Waals surface area contributed by atoms with Crippen molar-refractivity contribution in [3.8, 4) is 11.5 Å². The minimum Gasteiger partial charge on any atom is -0.508 e. The van der Waals surface area contributed by atoms with Crippen molar-refractivity contribution in [1.82, 2.24) is 77.8 Å². The number of aliphatic carboxylic acids is 1. The van der Waals surface area contributed by atoms with Gasteiger partial charge in [-0.2, -0.15) is 0 Å². The fraction of sp³-hybridized carbons (Fsp3) is 0.419. The number of aryl methyl sites for hydroxylation is 1. The average molecular weight is 1800 g/mol. The summed E-state index contributed by atoms with van der Waals surface area (Å²) in [5.74, 6) is -17.6. The number of H-pyrrole nitrogens is 1. The molecule has 35 nitrogen and oxygen atoms in total. The Labute approximate surface area is 753 Å². The number of hydrogen-bond donors (Lipinski definition) is 15. The number of fused-ring (bicyclic) bond motifs is 1. The standard InChI is InChI=1S/C93H118N16O19S/c1-11-12-27-75-92(127)107(8)51-79(114)98-71(47-81(116)117)88(123)105-82(55(4)5)89(124)102-69(41-59-30-28-56(6)29-31-59)86(121)103-72(44-61-34-38-64(111)39-35-61)90(125)106(7)50-78(113)97-70(46-62-48-95-66-26-20-19-25-65(62)66)87(122)101-68(42-60-32-36-63(110)37-33-60)85(120)100-67(40-54(2)3)84(119)104-74(83(118)96-49-77(94)112)52-129-53-80(115)99-73(43-57-21-15-13-16-22-57)91(126)109(10)76(93(128)108(75)9)45-58-23-17-14-18-24-58/h13-26,28-39,48,54-55,67-76,82,95,110-111H,11-12,27,40-47,49-53H2,1-10H3,(H2,94,112)(H,96,118)(H,97,113)(H,98,114)(H,99,115)(H,100,120)(H,101,122)(H,102,124)(H,103,121)(H,104,119)(H,105,123)(H,116,117)/t67-,68?,69-,70-,71-,72-,73-,74-,75-,76-,82-/m0/s1. The first kappa shape index (κ1) is 101. The molecule has 1 aromatic heterocycles. The highest BCUT2D eigenvalue weighted by atomic mass is 32.2. The average Bonchev–Trinajstić information content (AvgIpc) is 1.45. The molecule has 0 radical (unpaired) electrons. The number of phenols is 2. The van der Waals surface area contributed by atoms with E-state index < -0.39 is 199 Å². The summed E-state index contributed by atoms with van der Waals surface area (Å²) in [4.78, 5) is 242. The molecule has 1 fully saturated rings. The molecule has 36 heteroatoms. The number of hydrogen-bond acceptors (Lipinski definition) is 19. The molecule has 11 atom stereocenters. The summed E-state index contributed by atoms with van der Waals surface area (Å²) in [6.45, 7) is 7.96. The van der Waals surface area contributed by atoms with E-state index in [0.717, 1.165) is 27.1 Å². The molecular weight excluding hydrogens is 1680 g/mol. The molecule has 8 rings (SSSR count). The molecule has 129 heavy (non-hydrogen) atoms. The monoisotopic (exact) mass is 1790 g/mol. The highest BCUT2D eigenvalue weighted by Crippen LogP contribution is 2.24. The molecule has 2 heterocycles. The third-order valence-corrected chi connectivity index (χ3v) is 22.9. The SMILES string of the molecule is CCCC[C@H]1C(=O)N(C)CC(=O)N[C@@H](CC(=O)O)C(=O)N[C@@H](C(C)C)C(=O)N[C@@H](Cc2ccc(C)cc2)C(=O)N[C@@H](Cc2ccc(O)cc2)C(=O)N(C)CC(=O)N[C@@H](Cc2c[nH]c3ccccc23)C(=O)NC(Cc2ccc(O)cc2)C(=O)N[C@@H](CC(C)C)C(=O)N[C@H](C(=O)NCC(N)=O)CSCC(=O)N[C@@H](Cc2ccccc2)C(=O)N(C)[C@@H](Cc2ccccc2)C(=O)N1C. The predicted octanol–water partition coefficient (Wildman–Crippen LogP) is 2.29. The Bertz CT molecular complexity index is 5080. The van der Waals surface area contributed by atoms with Gasteiger partial charge in [-0.15, -0.1) is 11.8 Å². The topological polar surface area (TPSA) is 509 Å². The van der Waals surface area contributed by atoms with Crippen LogP contribution in [0.25, 0.3) is 10.9 Å². The number of aromatic amines is 1. The van der Waals surface area contributed by atoms with Crippen LogP contribution in [0.4, 0.5) is 0 Å². The lowest BCUT2D eigenvalue weighted by Crippen LogP contribution is -2.61. The van der Waals surface area contributed by atoms with Crippen LogP contribution in [0.15, 0.2) is 164 Å². The van der Waals surface area contributed by atoms with Crippen molar-refractivity contribution in [2.45, 2.75) is 179 Å². The molecule has 690 valence electrons. The summed E-state index contributed by atoms with van der Waals surface area (Å²) in [6, 6.07) is 25.6. The lowest BCUT2D eigenvalue weighted by atomic mass is 9.99. The molecule has 1 aliphatic heterocycles. The van der Waals surface area contributed by atoms with Crippen LogP contribution in [0, 0.1) is 18.8 Å². The first-order chi connectivity index (χ1) is 61.3. The van der Waals surface area contributed by atoms with Gasteiger partial charge in [0, 0.05) is 89.6 Å². The highest BCUT2D eigenvalue weighted by Gasteiger charge is 2.41. The second-order valence-corrected chi connectivity index (χ2v) is 34.2. The number of benzene rings is 6. The number of aromatic hydroxyl groups is 2. The van der Waals surface area contributed by atoms with Crippen LogP contribution < -0.4 is 58.9 Å². The van der Waals surface area contributed by atoms with Gasteiger partial charge in [-0.1, -0.05) is 180 Å². The molecule has 1 unspecified atom stereocenters. The van der Waals surface area contributed by atoms with E-state index in [1.807, 2.05) is 13.8 Å². The number of carboxylic acid groups (broad SMARTS) is 1. The number of thioether (sulfide) groups is 1. The highest BCUT2D eigenvalue weighted by molar-refractivity contribution is 8.00. The normalized spacial score (nSPS) is 21.8. The molecular formula is C93H118N16O19S. The molecule has 15 amide bonds. The van der Waals surface area contributed by atoms with Gasteiger partial charge < -0.3 is 98.8 Å². The number of amides is 15. The number of likely N-dealkylation sites (N-methyl/N-ethyl adjacent to an activating group) is 4. The van der Waals surface area contributed by atoms with Gasteiger partial charge in [0.25, 0.3) is 0 Å². The molecule has 16 N–H and O–H groups in total. The number of carbonyl (C=O) groups is 16. The van der Waals surface area contributed by atoms with Crippen molar-refractivity contribution in [3.05, 3.63) is 203 Å². The lowest BCUT2D eigenvalue weighted by Gasteiger charge is -2.37. The van der Waals surface area contributed by atoms with E-state index in [9.17, 15) is 63.3 Å². The van der Waals surface area contributed by atoms with Crippen LogP contribution in [0.1, 0.15) is 106 Å². The zero-order valence-corrected chi connectivity index (χ0v) is 74.9. The van der Waals surface area contributed by atoms with Gasteiger partial charge in [0.2, 0.25) is 88.6 Å². The van der Waals surface area contributed by atoms with Crippen molar-refractivity contribution in [2.24, 2.45) is 17.6 Å². The van der Waals surface area contributed by atoms with Gasteiger partial charge in [-0.3, -0.25) is 76.7 Å². The molecule has 1 saturated heterocycles. The third kappa shape index (κ3) is 31.1. The molecule has 7 aromatic rings. The number of aromatic nitrogens is 1. The Morgan fingerprint density at radius 1 is 0.473 bits per heavy atom. The van der Waals surface area contributed by atoms with Gasteiger partial charge in [-0.25, -0.2) is 0 Å². The number of phenolic OH excluding ortho intramolecular Hbond substituents is 2. The quantitative estimate of drug-likeness (QED) is 0.0437. The zero-order chi connectivity index (χ0) is 94.3. The number of nitrogens with zero attached hydrogens (tertiary/aromatic N) is 4. The Morgan fingerprint density at radius 3 is 1.45 bits per heavy atom. The van der Waals surface area contributed by atoms with Crippen LogP contribution in [0.5, 0.6) is 11.5 Å². The maximum Gasteiger partial charge on any atom is 0.305 e. The smallest absolute Gasteiger partial charge is 0.305 e. The Hall–Kier alpha value is -13.7. The van der Waals surface area contributed by atoms with E-state index in [0.29, 0.717) is 57.1 Å². The number of unbranched alkanes of at least 4 members (excludes halogenated alkanes) is 1. The predicted molar refractivity (Wildman–Crippen MR) is 482 cm³/mol. The van der Waals surface area contributed by atoms with Crippen molar-refractivity contribution in [1.29, 1.82) is 0 Å². The summed E-state index contributed by atoms with van der Waals surface area (Å²) in [7, 11) is 5.24.